The smallest absolute Gasteiger partial charge is 0.276 e. The maximum atomic E-state index is 12.3. The third kappa shape index (κ3) is 5.45. The van der Waals surface area contributed by atoms with Crippen LogP contribution in [-0.4, -0.2) is 62.8 Å². The van der Waals surface area contributed by atoms with Crippen molar-refractivity contribution >= 4 is 23.6 Å². The molecule has 0 bridgehead atoms. The SMILES string of the molecule is O=C(CC1CCCCC1)NCCn1cc(C(=O)N2CCSCC2)nn1. The highest BCUT2D eigenvalue weighted by atomic mass is 32.2. The lowest BCUT2D eigenvalue weighted by Crippen LogP contribution is -2.38. The van der Waals surface area contributed by atoms with Crippen molar-refractivity contribution in [1.29, 1.82) is 0 Å². The number of rotatable bonds is 6. The topological polar surface area (TPSA) is 80.1 Å². The highest BCUT2D eigenvalue weighted by Gasteiger charge is 2.21. The van der Waals surface area contributed by atoms with Crippen LogP contribution in [0.25, 0.3) is 0 Å². The third-order valence-corrected chi connectivity index (χ3v) is 5.86. The summed E-state index contributed by atoms with van der Waals surface area (Å²) in [5, 5.41) is 10.9. The Balaban J connectivity index is 1.39. The molecule has 3 rings (SSSR count). The van der Waals surface area contributed by atoms with E-state index in [1.54, 1.807) is 10.9 Å². The van der Waals surface area contributed by atoms with Crippen molar-refractivity contribution in [2.45, 2.75) is 45.1 Å². The number of carbonyl (C=O) groups is 2. The molecule has 1 aliphatic carbocycles. The lowest BCUT2D eigenvalue weighted by Gasteiger charge is -2.25. The van der Waals surface area contributed by atoms with E-state index in [4.69, 9.17) is 0 Å². The van der Waals surface area contributed by atoms with E-state index in [0.717, 1.165) is 24.6 Å². The fourth-order valence-corrected chi connectivity index (χ4v) is 4.37. The lowest BCUT2D eigenvalue weighted by molar-refractivity contribution is -0.122. The minimum atomic E-state index is -0.0483. The standard InChI is InChI=1S/C17H27N5O2S/c23-16(12-14-4-2-1-3-5-14)18-6-7-22-13-15(19-20-22)17(24)21-8-10-25-11-9-21/h13-14H,1-12H2,(H,18,23). The summed E-state index contributed by atoms with van der Waals surface area (Å²) in [5.74, 6) is 2.58. The van der Waals surface area contributed by atoms with Crippen LogP contribution in [0.1, 0.15) is 49.0 Å². The maximum Gasteiger partial charge on any atom is 0.276 e. The molecule has 8 heteroatoms. The minimum Gasteiger partial charge on any atom is -0.354 e. The number of thioether (sulfide) groups is 1. The van der Waals surface area contributed by atoms with Gasteiger partial charge >= 0.3 is 0 Å². The summed E-state index contributed by atoms with van der Waals surface area (Å²) in [4.78, 5) is 26.2. The zero-order valence-electron chi connectivity index (χ0n) is 14.7. The minimum absolute atomic E-state index is 0.0483. The summed E-state index contributed by atoms with van der Waals surface area (Å²) >= 11 is 1.87. The Morgan fingerprint density at radius 3 is 2.72 bits per heavy atom. The maximum absolute atomic E-state index is 12.3. The molecule has 1 N–H and O–H groups in total. The van der Waals surface area contributed by atoms with E-state index in [-0.39, 0.29) is 11.8 Å². The summed E-state index contributed by atoms with van der Waals surface area (Å²) in [6.45, 7) is 2.59. The quantitative estimate of drug-likeness (QED) is 0.827. The van der Waals surface area contributed by atoms with Crippen LogP contribution in [0, 0.1) is 5.92 Å². The Morgan fingerprint density at radius 2 is 1.96 bits per heavy atom. The molecule has 2 aliphatic rings. The van der Waals surface area contributed by atoms with E-state index >= 15 is 0 Å². The third-order valence-electron chi connectivity index (χ3n) is 4.92. The van der Waals surface area contributed by atoms with Gasteiger partial charge in [-0.25, -0.2) is 4.68 Å². The fourth-order valence-electron chi connectivity index (χ4n) is 3.47. The first-order chi connectivity index (χ1) is 12.2. The van der Waals surface area contributed by atoms with Gasteiger partial charge in [0.25, 0.3) is 5.91 Å². The number of hydrogen-bond acceptors (Lipinski definition) is 5. The van der Waals surface area contributed by atoms with E-state index in [0.29, 0.717) is 31.1 Å². The van der Waals surface area contributed by atoms with E-state index in [2.05, 4.69) is 15.6 Å². The van der Waals surface area contributed by atoms with Gasteiger partial charge in [0.1, 0.15) is 0 Å². The van der Waals surface area contributed by atoms with Crippen molar-refractivity contribution in [2.75, 3.05) is 31.1 Å². The van der Waals surface area contributed by atoms with E-state index in [1.165, 1.54) is 32.1 Å². The number of nitrogens with zero attached hydrogens (tertiary/aromatic N) is 4. The predicted octanol–water partition coefficient (Wildman–Crippen LogP) is 1.55. The van der Waals surface area contributed by atoms with Crippen LogP contribution in [0.2, 0.25) is 0 Å². The molecule has 2 fully saturated rings. The molecule has 1 saturated heterocycles. The molecule has 1 aromatic rings. The van der Waals surface area contributed by atoms with Crippen molar-refractivity contribution in [3.05, 3.63) is 11.9 Å². The first-order valence-electron chi connectivity index (χ1n) is 9.26. The van der Waals surface area contributed by atoms with Gasteiger partial charge in [-0.05, 0) is 18.8 Å². The van der Waals surface area contributed by atoms with Gasteiger partial charge in [0, 0.05) is 37.6 Å². The summed E-state index contributed by atoms with van der Waals surface area (Å²) < 4.78 is 1.63. The van der Waals surface area contributed by atoms with Gasteiger partial charge in [0.05, 0.1) is 12.7 Å². The Kier molecular flexibility index (Phi) is 6.72. The molecule has 0 spiro atoms. The van der Waals surface area contributed by atoms with Crippen LogP contribution in [0.5, 0.6) is 0 Å². The zero-order chi connectivity index (χ0) is 17.5. The Hall–Kier alpha value is -1.57. The summed E-state index contributed by atoms with van der Waals surface area (Å²) in [7, 11) is 0. The van der Waals surface area contributed by atoms with E-state index in [1.807, 2.05) is 16.7 Å². The van der Waals surface area contributed by atoms with Crippen molar-refractivity contribution in [2.24, 2.45) is 5.92 Å². The van der Waals surface area contributed by atoms with E-state index < -0.39 is 0 Å². The summed E-state index contributed by atoms with van der Waals surface area (Å²) in [5.41, 5.74) is 0.389. The van der Waals surface area contributed by atoms with Crippen molar-refractivity contribution in [1.82, 2.24) is 25.2 Å². The van der Waals surface area contributed by atoms with Crippen molar-refractivity contribution in [3.8, 4) is 0 Å². The van der Waals surface area contributed by atoms with Gasteiger partial charge in [0.15, 0.2) is 5.69 Å². The monoisotopic (exact) mass is 365 g/mol. The van der Waals surface area contributed by atoms with Gasteiger partial charge in [-0.2, -0.15) is 11.8 Å². The molecule has 0 aromatic carbocycles. The molecule has 138 valence electrons. The molecule has 1 aliphatic heterocycles. The van der Waals surface area contributed by atoms with Crippen LogP contribution < -0.4 is 5.32 Å². The van der Waals surface area contributed by atoms with Gasteiger partial charge in [-0.3, -0.25) is 9.59 Å². The average Bonchev–Trinajstić information content (AvgIpc) is 3.11. The van der Waals surface area contributed by atoms with Crippen LogP contribution in [0.4, 0.5) is 0 Å². The molecule has 0 atom stereocenters. The van der Waals surface area contributed by atoms with Crippen LogP contribution >= 0.6 is 11.8 Å². The lowest BCUT2D eigenvalue weighted by atomic mass is 9.87. The van der Waals surface area contributed by atoms with Crippen molar-refractivity contribution in [3.63, 3.8) is 0 Å². The first-order valence-corrected chi connectivity index (χ1v) is 10.4. The van der Waals surface area contributed by atoms with E-state index in [9.17, 15) is 9.59 Å². The molecule has 25 heavy (non-hydrogen) atoms. The molecule has 0 radical (unpaired) electrons. The van der Waals surface area contributed by atoms with Gasteiger partial charge in [-0.15, -0.1) is 5.10 Å². The number of amides is 2. The van der Waals surface area contributed by atoms with Crippen LogP contribution in [-0.2, 0) is 11.3 Å². The van der Waals surface area contributed by atoms with Gasteiger partial charge in [-0.1, -0.05) is 24.5 Å². The fraction of sp³-hybridized carbons (Fsp3) is 0.765. The number of nitrogens with one attached hydrogen (secondary N) is 1. The molecule has 7 nitrogen and oxygen atoms in total. The Bertz CT molecular complexity index is 579. The highest BCUT2D eigenvalue weighted by molar-refractivity contribution is 7.99. The number of carbonyl (C=O) groups excluding carboxylic acids is 2. The Morgan fingerprint density at radius 1 is 1.20 bits per heavy atom. The second-order valence-corrected chi connectivity index (χ2v) is 8.05. The molecule has 1 saturated carbocycles. The molecule has 2 heterocycles. The largest absolute Gasteiger partial charge is 0.354 e. The van der Waals surface area contributed by atoms with Gasteiger partial charge < -0.3 is 10.2 Å². The molecular formula is C17H27N5O2S. The summed E-state index contributed by atoms with van der Waals surface area (Å²) in [6, 6.07) is 0. The predicted molar refractivity (Wildman–Crippen MR) is 97.5 cm³/mol. The van der Waals surface area contributed by atoms with Crippen LogP contribution in [0.3, 0.4) is 0 Å². The molecule has 2 amide bonds. The zero-order valence-corrected chi connectivity index (χ0v) is 15.5. The molecular weight excluding hydrogens is 338 g/mol. The number of hydrogen-bond donors (Lipinski definition) is 1. The molecule has 1 aromatic heterocycles. The van der Waals surface area contributed by atoms with Crippen LogP contribution in [0.15, 0.2) is 6.20 Å². The van der Waals surface area contributed by atoms with Gasteiger partial charge in [0.2, 0.25) is 5.91 Å². The Labute approximate surface area is 152 Å². The first kappa shape index (κ1) is 18.2. The molecule has 0 unspecified atom stereocenters. The number of aromatic nitrogens is 3. The average molecular weight is 366 g/mol. The second kappa shape index (κ2) is 9.22. The second-order valence-electron chi connectivity index (χ2n) is 6.83. The van der Waals surface area contributed by atoms with Crippen molar-refractivity contribution < 1.29 is 9.59 Å². The highest BCUT2D eigenvalue weighted by Crippen LogP contribution is 2.25. The normalized spacial score (nSPS) is 19.0. The summed E-state index contributed by atoms with van der Waals surface area (Å²) in [6.07, 6.45) is 8.48.